The molecular weight excluding hydrogens is 456 g/mol. The van der Waals surface area contributed by atoms with Crippen LogP contribution in [-0.4, -0.2) is 58.1 Å². The van der Waals surface area contributed by atoms with E-state index in [1.54, 1.807) is 12.1 Å². The highest BCUT2D eigenvalue weighted by atomic mass is 32.2. The highest BCUT2D eigenvalue weighted by Gasteiger charge is 2.46. The second kappa shape index (κ2) is 9.70. The molecule has 5 nitrogen and oxygen atoms in total. The van der Waals surface area contributed by atoms with Crippen LogP contribution in [0.25, 0.3) is 0 Å². The minimum atomic E-state index is -3.15. The van der Waals surface area contributed by atoms with Crippen molar-refractivity contribution < 1.29 is 13.2 Å². The Hall–Kier alpha value is -2.18. The van der Waals surface area contributed by atoms with Crippen LogP contribution >= 0.6 is 0 Å². The molecule has 188 valence electrons. The summed E-state index contributed by atoms with van der Waals surface area (Å²) in [6.45, 7) is 7.90. The number of benzene rings is 2. The lowest BCUT2D eigenvalue weighted by molar-refractivity contribution is -0.117. The molecule has 0 bridgehead atoms. The molecule has 2 atom stereocenters. The second-order valence-electron chi connectivity index (χ2n) is 11.2. The molecule has 5 rings (SSSR count). The van der Waals surface area contributed by atoms with E-state index < -0.39 is 9.84 Å². The molecule has 3 fully saturated rings. The van der Waals surface area contributed by atoms with Gasteiger partial charge in [-0.2, -0.15) is 0 Å². The maximum absolute atomic E-state index is 12.2. The first-order valence-corrected chi connectivity index (χ1v) is 15.0. The number of likely N-dealkylation sites (tertiary alicyclic amines) is 1. The third kappa shape index (κ3) is 5.05. The van der Waals surface area contributed by atoms with Gasteiger partial charge in [0.15, 0.2) is 9.84 Å². The van der Waals surface area contributed by atoms with E-state index in [0.717, 1.165) is 57.7 Å². The molecule has 0 spiro atoms. The molecule has 1 saturated carbocycles. The van der Waals surface area contributed by atoms with Gasteiger partial charge in [0.1, 0.15) is 5.78 Å². The zero-order chi connectivity index (χ0) is 24.6. The molecule has 6 heteroatoms. The van der Waals surface area contributed by atoms with E-state index in [9.17, 15) is 13.2 Å². The van der Waals surface area contributed by atoms with Gasteiger partial charge in [-0.05, 0) is 79.4 Å². The van der Waals surface area contributed by atoms with Gasteiger partial charge in [-0.3, -0.25) is 4.79 Å². The van der Waals surface area contributed by atoms with E-state index in [-0.39, 0.29) is 5.41 Å². The van der Waals surface area contributed by atoms with Crippen molar-refractivity contribution in [3.63, 3.8) is 0 Å². The molecule has 2 aromatic rings. The van der Waals surface area contributed by atoms with Crippen molar-refractivity contribution in [1.82, 2.24) is 4.90 Å². The molecular formula is C29H38N2O3S. The van der Waals surface area contributed by atoms with Crippen molar-refractivity contribution in [2.75, 3.05) is 43.9 Å². The normalized spacial score (nSPS) is 24.3. The summed E-state index contributed by atoms with van der Waals surface area (Å²) in [5, 5.41) is 0. The number of Topliss-reactive ketones (excluding diaryl/α,β-unsaturated/α-hetero) is 1. The molecule has 35 heavy (non-hydrogen) atoms. The molecule has 0 aromatic heterocycles. The number of piperidine rings is 1. The SMILES string of the molecule is CC(c1ccccc1)(C1CCN(CC2CN(c3ccc(S(C)(=O)=O)cc3)C2)CC1)C1CCC(=O)C1. The first-order valence-electron chi connectivity index (χ1n) is 13.1. The van der Waals surface area contributed by atoms with Gasteiger partial charge in [0.2, 0.25) is 0 Å². The lowest BCUT2D eigenvalue weighted by atomic mass is 9.60. The Kier molecular flexibility index (Phi) is 6.79. The van der Waals surface area contributed by atoms with Gasteiger partial charge >= 0.3 is 0 Å². The molecule has 0 N–H and O–H groups in total. The summed E-state index contributed by atoms with van der Waals surface area (Å²) in [7, 11) is -3.15. The molecule has 2 aromatic carbocycles. The zero-order valence-electron chi connectivity index (χ0n) is 21.0. The van der Waals surface area contributed by atoms with E-state index in [2.05, 4.69) is 47.1 Å². The topological polar surface area (TPSA) is 57.7 Å². The van der Waals surface area contributed by atoms with Crippen LogP contribution in [-0.2, 0) is 20.0 Å². The minimum Gasteiger partial charge on any atom is -0.371 e. The fraction of sp³-hybridized carbons (Fsp3) is 0.552. The predicted molar refractivity (Wildman–Crippen MR) is 141 cm³/mol. The van der Waals surface area contributed by atoms with E-state index in [1.807, 2.05) is 12.1 Å². The van der Waals surface area contributed by atoms with Gasteiger partial charge in [-0.1, -0.05) is 37.3 Å². The van der Waals surface area contributed by atoms with Gasteiger partial charge in [-0.25, -0.2) is 8.42 Å². The molecule has 2 unspecified atom stereocenters. The number of rotatable bonds is 7. The first-order chi connectivity index (χ1) is 16.7. The summed E-state index contributed by atoms with van der Waals surface area (Å²) >= 11 is 0. The molecule has 2 saturated heterocycles. The van der Waals surface area contributed by atoms with Crippen molar-refractivity contribution in [2.45, 2.75) is 49.3 Å². The number of carbonyl (C=O) groups is 1. The smallest absolute Gasteiger partial charge is 0.175 e. The monoisotopic (exact) mass is 494 g/mol. The van der Waals surface area contributed by atoms with Crippen LogP contribution < -0.4 is 4.90 Å². The summed E-state index contributed by atoms with van der Waals surface area (Å²) < 4.78 is 23.4. The van der Waals surface area contributed by atoms with E-state index in [0.29, 0.717) is 28.4 Å². The van der Waals surface area contributed by atoms with Crippen LogP contribution in [0.15, 0.2) is 59.5 Å². The Balaban J connectivity index is 1.16. The maximum Gasteiger partial charge on any atom is 0.175 e. The number of hydrogen-bond acceptors (Lipinski definition) is 5. The molecule has 2 heterocycles. The predicted octanol–water partition coefficient (Wildman–Crippen LogP) is 4.57. The van der Waals surface area contributed by atoms with Gasteiger partial charge in [0, 0.05) is 50.3 Å². The average molecular weight is 495 g/mol. The molecule has 2 aliphatic heterocycles. The first kappa shape index (κ1) is 24.5. The average Bonchev–Trinajstić information content (AvgIpc) is 3.28. The Morgan fingerprint density at radius 1 is 0.914 bits per heavy atom. The lowest BCUT2D eigenvalue weighted by Crippen LogP contribution is -2.53. The Morgan fingerprint density at radius 3 is 2.14 bits per heavy atom. The quantitative estimate of drug-likeness (QED) is 0.565. The second-order valence-corrected chi connectivity index (χ2v) is 13.3. The lowest BCUT2D eigenvalue weighted by Gasteiger charge is -2.48. The summed E-state index contributed by atoms with van der Waals surface area (Å²) in [5.41, 5.74) is 2.59. The highest BCUT2D eigenvalue weighted by molar-refractivity contribution is 7.90. The van der Waals surface area contributed by atoms with Crippen LogP contribution in [0.5, 0.6) is 0 Å². The summed E-state index contributed by atoms with van der Waals surface area (Å²) in [6.07, 6.45) is 6.17. The number of anilines is 1. The van der Waals surface area contributed by atoms with Crippen LogP contribution in [0.3, 0.4) is 0 Å². The van der Waals surface area contributed by atoms with Crippen molar-refractivity contribution >= 4 is 21.3 Å². The summed E-state index contributed by atoms with van der Waals surface area (Å²) in [5.74, 6) is 2.18. The fourth-order valence-electron chi connectivity index (χ4n) is 6.81. The number of carbonyl (C=O) groups excluding carboxylic acids is 1. The number of sulfone groups is 1. The number of nitrogens with zero attached hydrogens (tertiary/aromatic N) is 2. The summed E-state index contributed by atoms with van der Waals surface area (Å²) in [6, 6.07) is 18.2. The molecule has 0 radical (unpaired) electrons. The molecule has 0 amide bonds. The Labute approximate surface area is 210 Å². The van der Waals surface area contributed by atoms with E-state index >= 15 is 0 Å². The standard InChI is InChI=1S/C29H38N2O3S/c1-29(23-6-4-3-5-7-23,25-8-11-27(32)18-25)24-14-16-30(17-15-24)19-22-20-31(21-22)26-9-12-28(13-10-26)35(2,33)34/h3-7,9-10,12-13,22,24-25H,8,11,14-21H2,1-2H3. The molecule has 3 aliphatic rings. The van der Waals surface area contributed by atoms with Crippen LogP contribution in [0.4, 0.5) is 5.69 Å². The van der Waals surface area contributed by atoms with Gasteiger partial charge < -0.3 is 9.80 Å². The van der Waals surface area contributed by atoms with Crippen LogP contribution in [0.1, 0.15) is 44.6 Å². The largest absolute Gasteiger partial charge is 0.371 e. The number of ketones is 1. The van der Waals surface area contributed by atoms with Gasteiger partial charge in [0.25, 0.3) is 0 Å². The fourth-order valence-corrected chi connectivity index (χ4v) is 7.44. The van der Waals surface area contributed by atoms with E-state index in [1.165, 1.54) is 24.7 Å². The Morgan fingerprint density at radius 2 is 1.57 bits per heavy atom. The molecule has 1 aliphatic carbocycles. The van der Waals surface area contributed by atoms with Crippen LogP contribution in [0, 0.1) is 17.8 Å². The third-order valence-corrected chi connectivity index (χ3v) is 10.2. The van der Waals surface area contributed by atoms with Gasteiger partial charge in [-0.15, -0.1) is 0 Å². The summed E-state index contributed by atoms with van der Waals surface area (Å²) in [4.78, 5) is 17.5. The van der Waals surface area contributed by atoms with E-state index in [4.69, 9.17) is 0 Å². The van der Waals surface area contributed by atoms with Crippen molar-refractivity contribution in [3.05, 3.63) is 60.2 Å². The van der Waals surface area contributed by atoms with Crippen LogP contribution in [0.2, 0.25) is 0 Å². The van der Waals surface area contributed by atoms with Gasteiger partial charge in [0.05, 0.1) is 4.90 Å². The number of hydrogen-bond donors (Lipinski definition) is 0. The Bertz CT molecular complexity index is 1130. The minimum absolute atomic E-state index is 0.0743. The van der Waals surface area contributed by atoms with Crippen molar-refractivity contribution in [1.29, 1.82) is 0 Å². The third-order valence-electron chi connectivity index (χ3n) is 9.03. The zero-order valence-corrected chi connectivity index (χ0v) is 21.8. The highest BCUT2D eigenvalue weighted by Crippen LogP contribution is 2.49. The van der Waals surface area contributed by atoms with Crippen molar-refractivity contribution in [3.8, 4) is 0 Å². The van der Waals surface area contributed by atoms with Crippen molar-refractivity contribution in [2.24, 2.45) is 17.8 Å². The maximum atomic E-state index is 12.2.